The molecule has 84 valence electrons. The van der Waals surface area contributed by atoms with E-state index in [-0.39, 0.29) is 0 Å². The second-order valence-corrected chi connectivity index (χ2v) is 4.27. The van der Waals surface area contributed by atoms with Gasteiger partial charge < -0.3 is 9.67 Å². The number of carboxylic acid groups (broad SMARTS) is 1. The van der Waals surface area contributed by atoms with Gasteiger partial charge in [-0.05, 0) is 26.0 Å². The highest BCUT2D eigenvalue weighted by molar-refractivity contribution is 5.81. The first-order valence-corrected chi connectivity index (χ1v) is 4.96. The van der Waals surface area contributed by atoms with Gasteiger partial charge in [0.05, 0.1) is 0 Å². The predicted octanol–water partition coefficient (Wildman–Crippen LogP) is 1.33. The highest BCUT2D eigenvalue weighted by atomic mass is 16.4. The van der Waals surface area contributed by atoms with E-state index in [0.29, 0.717) is 17.0 Å². The van der Waals surface area contributed by atoms with Gasteiger partial charge in [0.2, 0.25) is 0 Å². The summed E-state index contributed by atoms with van der Waals surface area (Å²) in [6.45, 7) is 3.27. The highest BCUT2D eigenvalue weighted by Crippen LogP contribution is 2.24. The fraction of sp³-hybridized carbons (Fsp3) is 0.364. The summed E-state index contributed by atoms with van der Waals surface area (Å²) in [6, 6.07) is 3.61. The molecule has 16 heavy (non-hydrogen) atoms. The van der Waals surface area contributed by atoms with E-state index in [1.165, 1.54) is 0 Å². The molecule has 0 atom stereocenters. The first kappa shape index (κ1) is 10.6. The minimum atomic E-state index is -1.02. The van der Waals surface area contributed by atoms with Gasteiger partial charge in [-0.25, -0.2) is 9.97 Å². The Hall–Kier alpha value is -1.91. The van der Waals surface area contributed by atoms with Crippen molar-refractivity contribution in [1.29, 1.82) is 0 Å². The lowest BCUT2D eigenvalue weighted by atomic mass is 9.93. The second kappa shape index (κ2) is 3.30. The quantitative estimate of drug-likeness (QED) is 0.827. The zero-order valence-electron chi connectivity index (χ0n) is 9.43. The predicted molar refractivity (Wildman–Crippen MR) is 59.2 cm³/mol. The van der Waals surface area contributed by atoms with Crippen LogP contribution in [0.5, 0.6) is 0 Å². The van der Waals surface area contributed by atoms with Gasteiger partial charge in [0.15, 0.2) is 5.65 Å². The van der Waals surface area contributed by atoms with E-state index in [4.69, 9.17) is 0 Å². The van der Waals surface area contributed by atoms with Crippen molar-refractivity contribution in [2.45, 2.75) is 19.3 Å². The van der Waals surface area contributed by atoms with Gasteiger partial charge in [-0.1, -0.05) is 0 Å². The van der Waals surface area contributed by atoms with Gasteiger partial charge >= 0.3 is 5.97 Å². The van der Waals surface area contributed by atoms with Crippen molar-refractivity contribution in [1.82, 2.24) is 14.5 Å². The molecule has 0 radical (unpaired) electrons. The van der Waals surface area contributed by atoms with Crippen LogP contribution in [-0.2, 0) is 17.3 Å². The summed E-state index contributed by atoms with van der Waals surface area (Å²) < 4.78 is 1.73. The average molecular weight is 219 g/mol. The lowest BCUT2D eigenvalue weighted by Crippen LogP contribution is -2.31. The van der Waals surface area contributed by atoms with Gasteiger partial charge in [-0.3, -0.25) is 4.79 Å². The largest absolute Gasteiger partial charge is 0.481 e. The summed E-state index contributed by atoms with van der Waals surface area (Å²) >= 11 is 0. The Kier molecular flexibility index (Phi) is 2.18. The Morgan fingerprint density at radius 2 is 2.19 bits per heavy atom. The Labute approximate surface area is 92.8 Å². The summed E-state index contributed by atoms with van der Waals surface area (Å²) in [5.74, 6) is -0.389. The van der Waals surface area contributed by atoms with E-state index in [0.717, 1.165) is 0 Å². The number of carbonyl (C=O) groups is 1. The maximum atomic E-state index is 11.2. The van der Waals surface area contributed by atoms with Crippen molar-refractivity contribution in [3.8, 4) is 0 Å². The van der Waals surface area contributed by atoms with Crippen molar-refractivity contribution in [3.05, 3.63) is 24.2 Å². The molecule has 5 nitrogen and oxygen atoms in total. The summed E-state index contributed by atoms with van der Waals surface area (Å²) in [7, 11) is 1.78. The highest BCUT2D eigenvalue weighted by Gasteiger charge is 2.34. The molecular formula is C11H13N3O2. The van der Waals surface area contributed by atoms with E-state index < -0.39 is 11.4 Å². The maximum Gasteiger partial charge on any atom is 0.316 e. The van der Waals surface area contributed by atoms with Crippen LogP contribution in [0.15, 0.2) is 18.3 Å². The summed E-state index contributed by atoms with van der Waals surface area (Å²) in [6.07, 6.45) is 1.67. The Balaban J connectivity index is 2.71. The van der Waals surface area contributed by atoms with Crippen LogP contribution < -0.4 is 0 Å². The van der Waals surface area contributed by atoms with Crippen LogP contribution in [0.2, 0.25) is 0 Å². The number of nitrogens with zero attached hydrogens (tertiary/aromatic N) is 3. The van der Waals surface area contributed by atoms with Crippen LogP contribution in [0.3, 0.4) is 0 Å². The van der Waals surface area contributed by atoms with E-state index in [9.17, 15) is 9.90 Å². The molecule has 0 spiro atoms. The van der Waals surface area contributed by atoms with Gasteiger partial charge in [0.25, 0.3) is 0 Å². The molecule has 0 fully saturated rings. The van der Waals surface area contributed by atoms with Gasteiger partial charge in [-0.15, -0.1) is 0 Å². The molecule has 2 heterocycles. The van der Waals surface area contributed by atoms with Gasteiger partial charge in [0.1, 0.15) is 16.8 Å². The van der Waals surface area contributed by atoms with E-state index >= 15 is 0 Å². The Morgan fingerprint density at radius 3 is 2.75 bits per heavy atom. The molecule has 0 aliphatic carbocycles. The molecule has 0 aliphatic heterocycles. The lowest BCUT2D eigenvalue weighted by Gasteiger charge is -2.18. The number of hydrogen-bond donors (Lipinski definition) is 1. The van der Waals surface area contributed by atoms with Crippen LogP contribution in [-0.4, -0.2) is 25.6 Å². The SMILES string of the molecule is Cn1c(C(C)(C)C(=O)O)nc2cccnc21. The number of aromatic nitrogens is 3. The van der Waals surface area contributed by atoms with Crippen LogP contribution in [0.25, 0.3) is 11.2 Å². The number of rotatable bonds is 2. The molecule has 2 rings (SSSR count). The summed E-state index contributed by atoms with van der Waals surface area (Å²) in [5, 5.41) is 9.17. The lowest BCUT2D eigenvalue weighted by molar-refractivity contribution is -0.142. The molecule has 0 aliphatic rings. The number of imidazole rings is 1. The smallest absolute Gasteiger partial charge is 0.316 e. The molecule has 2 aromatic heterocycles. The van der Waals surface area contributed by atoms with Crippen LogP contribution in [0.1, 0.15) is 19.7 Å². The molecular weight excluding hydrogens is 206 g/mol. The second-order valence-electron chi connectivity index (χ2n) is 4.27. The number of fused-ring (bicyclic) bond motifs is 1. The van der Waals surface area contributed by atoms with Crippen molar-refractivity contribution in [2.75, 3.05) is 0 Å². The van der Waals surface area contributed by atoms with Crippen molar-refractivity contribution in [2.24, 2.45) is 7.05 Å². The number of carboxylic acids is 1. The molecule has 0 unspecified atom stereocenters. The third kappa shape index (κ3) is 1.36. The zero-order valence-corrected chi connectivity index (χ0v) is 9.43. The third-order valence-corrected chi connectivity index (χ3v) is 2.72. The zero-order chi connectivity index (χ0) is 11.9. The molecule has 5 heteroatoms. The van der Waals surface area contributed by atoms with Crippen LogP contribution in [0.4, 0.5) is 0 Å². The minimum Gasteiger partial charge on any atom is -0.481 e. The molecule has 0 saturated heterocycles. The molecule has 2 aromatic rings. The Bertz CT molecular complexity index is 557. The number of aryl methyl sites for hydroxylation is 1. The number of aliphatic carboxylic acids is 1. The van der Waals surface area contributed by atoms with Crippen molar-refractivity contribution < 1.29 is 9.90 Å². The summed E-state index contributed by atoms with van der Waals surface area (Å²) in [5.41, 5.74) is 0.399. The third-order valence-electron chi connectivity index (χ3n) is 2.72. The fourth-order valence-electron chi connectivity index (χ4n) is 1.68. The molecule has 0 amide bonds. The van der Waals surface area contributed by atoms with Gasteiger partial charge in [0, 0.05) is 13.2 Å². The fourth-order valence-corrected chi connectivity index (χ4v) is 1.68. The van der Waals surface area contributed by atoms with Crippen LogP contribution >= 0.6 is 0 Å². The van der Waals surface area contributed by atoms with Gasteiger partial charge in [-0.2, -0.15) is 0 Å². The number of pyridine rings is 1. The first-order chi connectivity index (χ1) is 7.44. The monoisotopic (exact) mass is 219 g/mol. The van der Waals surface area contributed by atoms with Crippen molar-refractivity contribution >= 4 is 17.1 Å². The molecule has 0 bridgehead atoms. The molecule has 0 aromatic carbocycles. The van der Waals surface area contributed by atoms with E-state index in [2.05, 4.69) is 9.97 Å². The maximum absolute atomic E-state index is 11.2. The van der Waals surface area contributed by atoms with Crippen molar-refractivity contribution in [3.63, 3.8) is 0 Å². The average Bonchev–Trinajstić information content (AvgIpc) is 2.57. The van der Waals surface area contributed by atoms with E-state index in [1.807, 2.05) is 6.07 Å². The number of hydrogen-bond acceptors (Lipinski definition) is 3. The van der Waals surface area contributed by atoms with E-state index in [1.54, 1.807) is 37.7 Å². The summed E-state index contributed by atoms with van der Waals surface area (Å²) in [4.78, 5) is 19.7. The normalized spacial score (nSPS) is 11.9. The van der Waals surface area contributed by atoms with Crippen LogP contribution in [0, 0.1) is 0 Å². The first-order valence-electron chi connectivity index (χ1n) is 4.96. The molecule has 1 N–H and O–H groups in total. The topological polar surface area (TPSA) is 68.0 Å². The minimum absolute atomic E-state index is 0.508. The Morgan fingerprint density at radius 1 is 1.50 bits per heavy atom. The standard InChI is InChI=1S/C11H13N3O2/c1-11(2,10(15)16)9-13-7-5-4-6-12-8(7)14(9)3/h4-6H,1-3H3,(H,15,16). The molecule has 0 saturated carbocycles.